The molecule has 0 fully saturated rings. The SMILES string of the molecule is CNC(=O)[C@@H]1Cc2ccccc2CN1C(=O)CNC(=O)c1ccccc1C. The van der Waals surface area contributed by atoms with Crippen LogP contribution in [0.5, 0.6) is 0 Å². The fourth-order valence-corrected chi connectivity index (χ4v) is 3.37. The third kappa shape index (κ3) is 4.00. The largest absolute Gasteiger partial charge is 0.357 e. The average Bonchev–Trinajstić information content (AvgIpc) is 2.70. The second-order valence-corrected chi connectivity index (χ2v) is 6.62. The number of carbonyl (C=O) groups is 3. The van der Waals surface area contributed by atoms with Gasteiger partial charge in [0, 0.05) is 25.6 Å². The Morgan fingerprint density at radius 3 is 2.41 bits per heavy atom. The number of nitrogens with one attached hydrogen (secondary N) is 2. The number of amides is 3. The van der Waals surface area contributed by atoms with E-state index in [4.69, 9.17) is 0 Å². The van der Waals surface area contributed by atoms with Gasteiger partial charge in [0.2, 0.25) is 11.8 Å². The lowest BCUT2D eigenvalue weighted by molar-refractivity contribution is -0.140. The third-order valence-corrected chi connectivity index (χ3v) is 4.91. The molecule has 2 N–H and O–H groups in total. The number of aryl methyl sites for hydroxylation is 1. The van der Waals surface area contributed by atoms with Crippen molar-refractivity contribution < 1.29 is 14.4 Å². The highest BCUT2D eigenvalue weighted by molar-refractivity contribution is 5.98. The molecule has 6 heteroatoms. The summed E-state index contributed by atoms with van der Waals surface area (Å²) in [5.74, 6) is -0.779. The van der Waals surface area contributed by atoms with Crippen molar-refractivity contribution in [1.29, 1.82) is 0 Å². The van der Waals surface area contributed by atoms with Gasteiger partial charge in [0.1, 0.15) is 6.04 Å². The van der Waals surface area contributed by atoms with Crippen LogP contribution in [0.4, 0.5) is 0 Å². The smallest absolute Gasteiger partial charge is 0.251 e. The third-order valence-electron chi connectivity index (χ3n) is 4.91. The zero-order valence-corrected chi connectivity index (χ0v) is 15.5. The van der Waals surface area contributed by atoms with E-state index in [1.165, 1.54) is 0 Å². The quantitative estimate of drug-likeness (QED) is 0.860. The lowest BCUT2D eigenvalue weighted by Gasteiger charge is -2.35. The summed E-state index contributed by atoms with van der Waals surface area (Å²) in [6.07, 6.45) is 0.466. The van der Waals surface area contributed by atoms with Gasteiger partial charge in [-0.05, 0) is 29.7 Å². The number of carbonyl (C=O) groups excluding carboxylic acids is 3. The highest BCUT2D eigenvalue weighted by atomic mass is 16.2. The van der Waals surface area contributed by atoms with Gasteiger partial charge in [0.15, 0.2) is 0 Å². The van der Waals surface area contributed by atoms with Gasteiger partial charge in [0.05, 0.1) is 6.54 Å². The van der Waals surface area contributed by atoms with Gasteiger partial charge in [-0.25, -0.2) is 0 Å². The maximum atomic E-state index is 12.8. The Bertz CT molecular complexity index is 878. The van der Waals surface area contributed by atoms with E-state index < -0.39 is 6.04 Å². The van der Waals surface area contributed by atoms with Crippen molar-refractivity contribution in [3.8, 4) is 0 Å². The second kappa shape index (κ2) is 8.03. The van der Waals surface area contributed by atoms with E-state index in [0.29, 0.717) is 18.5 Å². The van der Waals surface area contributed by atoms with Crippen molar-refractivity contribution in [1.82, 2.24) is 15.5 Å². The standard InChI is InChI=1S/C21H23N3O3/c1-14-7-3-6-10-17(14)20(26)23-12-19(25)24-13-16-9-5-4-8-15(16)11-18(24)21(27)22-2/h3-10,18H,11-13H2,1-2H3,(H,22,27)(H,23,26)/t18-/m0/s1. The molecule has 27 heavy (non-hydrogen) atoms. The molecule has 0 saturated heterocycles. The first-order valence-corrected chi connectivity index (χ1v) is 8.93. The molecule has 0 bridgehead atoms. The first-order valence-electron chi connectivity index (χ1n) is 8.93. The highest BCUT2D eigenvalue weighted by Gasteiger charge is 2.34. The Kier molecular flexibility index (Phi) is 5.54. The lowest BCUT2D eigenvalue weighted by atomic mass is 9.93. The van der Waals surface area contributed by atoms with Gasteiger partial charge >= 0.3 is 0 Å². The fraction of sp³-hybridized carbons (Fsp3) is 0.286. The van der Waals surface area contributed by atoms with Crippen LogP contribution in [-0.4, -0.2) is 42.3 Å². The minimum Gasteiger partial charge on any atom is -0.357 e. The number of hydrogen-bond donors (Lipinski definition) is 2. The molecule has 0 unspecified atom stereocenters. The Hall–Kier alpha value is -3.15. The molecule has 0 radical (unpaired) electrons. The summed E-state index contributed by atoms with van der Waals surface area (Å²) in [6.45, 7) is 2.05. The Balaban J connectivity index is 1.73. The monoisotopic (exact) mass is 365 g/mol. The zero-order valence-electron chi connectivity index (χ0n) is 15.5. The highest BCUT2D eigenvalue weighted by Crippen LogP contribution is 2.23. The van der Waals surface area contributed by atoms with Gasteiger partial charge in [0.25, 0.3) is 5.91 Å². The van der Waals surface area contributed by atoms with Crippen LogP contribution in [0.25, 0.3) is 0 Å². The summed E-state index contributed by atoms with van der Waals surface area (Å²) in [4.78, 5) is 39.0. The molecule has 6 nitrogen and oxygen atoms in total. The Labute approximate surface area is 158 Å². The molecule has 3 amide bonds. The van der Waals surface area contributed by atoms with Crippen molar-refractivity contribution in [3.63, 3.8) is 0 Å². The summed E-state index contributed by atoms with van der Waals surface area (Å²) >= 11 is 0. The lowest BCUT2D eigenvalue weighted by Crippen LogP contribution is -2.54. The average molecular weight is 365 g/mol. The molecule has 2 aromatic rings. The molecule has 1 heterocycles. The molecule has 1 aliphatic heterocycles. The van der Waals surface area contributed by atoms with Crippen LogP contribution in [0.3, 0.4) is 0 Å². The van der Waals surface area contributed by atoms with Crippen LogP contribution in [0, 0.1) is 6.92 Å². The summed E-state index contributed by atoms with van der Waals surface area (Å²) in [5, 5.41) is 5.30. The van der Waals surface area contributed by atoms with E-state index in [9.17, 15) is 14.4 Å². The molecule has 0 saturated carbocycles. The van der Waals surface area contributed by atoms with Crippen LogP contribution >= 0.6 is 0 Å². The normalized spacial score (nSPS) is 15.6. The molecule has 3 rings (SSSR count). The predicted molar refractivity (Wildman–Crippen MR) is 102 cm³/mol. The maximum Gasteiger partial charge on any atom is 0.251 e. The van der Waals surface area contributed by atoms with E-state index >= 15 is 0 Å². The minimum absolute atomic E-state index is 0.150. The topological polar surface area (TPSA) is 78.5 Å². The van der Waals surface area contributed by atoms with Crippen molar-refractivity contribution in [2.24, 2.45) is 0 Å². The number of fused-ring (bicyclic) bond motifs is 1. The second-order valence-electron chi connectivity index (χ2n) is 6.62. The van der Waals surface area contributed by atoms with Crippen LogP contribution in [0.1, 0.15) is 27.0 Å². The number of likely N-dealkylation sites (N-methyl/N-ethyl adjacent to an activating group) is 1. The molecule has 0 aliphatic carbocycles. The molecular formula is C21H23N3O3. The van der Waals surface area contributed by atoms with Gasteiger partial charge in [-0.1, -0.05) is 42.5 Å². The number of rotatable bonds is 4. The van der Waals surface area contributed by atoms with E-state index in [1.807, 2.05) is 43.3 Å². The molecule has 1 atom stereocenters. The Morgan fingerprint density at radius 2 is 1.70 bits per heavy atom. The molecule has 1 aliphatic rings. The van der Waals surface area contributed by atoms with Crippen molar-refractivity contribution in [2.45, 2.75) is 25.9 Å². The van der Waals surface area contributed by atoms with Crippen LogP contribution in [0.15, 0.2) is 48.5 Å². The van der Waals surface area contributed by atoms with Crippen molar-refractivity contribution >= 4 is 17.7 Å². The van der Waals surface area contributed by atoms with Gasteiger partial charge in [-0.2, -0.15) is 0 Å². The van der Waals surface area contributed by atoms with Gasteiger partial charge in [-0.3, -0.25) is 14.4 Å². The van der Waals surface area contributed by atoms with Gasteiger partial charge < -0.3 is 15.5 Å². The van der Waals surface area contributed by atoms with Crippen LogP contribution in [-0.2, 0) is 22.6 Å². The summed E-state index contributed by atoms with van der Waals surface area (Å²) in [6, 6.07) is 14.4. The van der Waals surface area contributed by atoms with Crippen LogP contribution < -0.4 is 10.6 Å². The first-order chi connectivity index (χ1) is 13.0. The fourth-order valence-electron chi connectivity index (χ4n) is 3.37. The van der Waals surface area contributed by atoms with E-state index in [-0.39, 0.29) is 24.3 Å². The number of benzene rings is 2. The summed E-state index contributed by atoms with van der Waals surface area (Å²) in [5.41, 5.74) is 3.48. The predicted octanol–water partition coefficient (Wildman–Crippen LogP) is 1.42. The molecule has 0 aromatic heterocycles. The maximum absolute atomic E-state index is 12.8. The van der Waals surface area contributed by atoms with Crippen molar-refractivity contribution in [3.05, 3.63) is 70.8 Å². The number of hydrogen-bond acceptors (Lipinski definition) is 3. The molecule has 0 spiro atoms. The van der Waals surface area contributed by atoms with Crippen LogP contribution in [0.2, 0.25) is 0 Å². The van der Waals surface area contributed by atoms with E-state index in [1.54, 1.807) is 24.1 Å². The molecular weight excluding hydrogens is 342 g/mol. The first kappa shape index (κ1) is 18.6. The number of nitrogens with zero attached hydrogens (tertiary/aromatic N) is 1. The summed E-state index contributed by atoms with van der Waals surface area (Å²) < 4.78 is 0. The molecule has 140 valence electrons. The molecule has 2 aromatic carbocycles. The van der Waals surface area contributed by atoms with E-state index in [0.717, 1.165) is 16.7 Å². The van der Waals surface area contributed by atoms with E-state index in [2.05, 4.69) is 10.6 Å². The van der Waals surface area contributed by atoms with Crippen molar-refractivity contribution in [2.75, 3.05) is 13.6 Å². The minimum atomic E-state index is -0.576. The van der Waals surface area contributed by atoms with Gasteiger partial charge in [-0.15, -0.1) is 0 Å². The zero-order chi connectivity index (χ0) is 19.4. The summed E-state index contributed by atoms with van der Waals surface area (Å²) in [7, 11) is 1.56. The Morgan fingerprint density at radius 1 is 1.04 bits per heavy atom.